The summed E-state index contributed by atoms with van der Waals surface area (Å²) < 4.78 is 32.7. The highest BCUT2D eigenvalue weighted by molar-refractivity contribution is 5.11. The Kier molecular flexibility index (Phi) is 5.91. The van der Waals surface area contributed by atoms with Crippen LogP contribution in [-0.2, 0) is 0 Å². The lowest BCUT2D eigenvalue weighted by Crippen LogP contribution is -2.33. The minimum Gasteiger partial charge on any atom is -0.271 e. The second-order valence-electron chi connectivity index (χ2n) is 2.65. The topological polar surface area (TPSA) is 38.0 Å². The van der Waals surface area contributed by atoms with Crippen LogP contribution in [0.15, 0.2) is 30.3 Å². The summed E-state index contributed by atoms with van der Waals surface area (Å²) in [5.74, 6) is 4.34. The molecule has 80 valence electrons. The first-order chi connectivity index (χ1) is 6.45. The number of aryl methyl sites for hydroxylation is 1. The standard InChI is InChI=1S/C7H8.C2H5F3N2/c1-7-5-3-2-4-6-7;3-2(4,5)1-7-6/h2-6H,1H3;7H,1,6H2. The molecule has 5 heteroatoms. The van der Waals surface area contributed by atoms with Crippen molar-refractivity contribution in [3.63, 3.8) is 0 Å². The highest BCUT2D eigenvalue weighted by Crippen LogP contribution is 2.11. The SMILES string of the molecule is Cc1ccccc1.NNCC(F)(F)F. The molecule has 14 heavy (non-hydrogen) atoms. The van der Waals surface area contributed by atoms with Crippen LogP contribution in [0.2, 0.25) is 0 Å². The van der Waals surface area contributed by atoms with Gasteiger partial charge in [0, 0.05) is 0 Å². The smallest absolute Gasteiger partial charge is 0.271 e. The molecule has 1 rings (SSSR count). The summed E-state index contributed by atoms with van der Waals surface area (Å²) in [5, 5.41) is 0. The van der Waals surface area contributed by atoms with E-state index in [1.54, 1.807) is 0 Å². The monoisotopic (exact) mass is 206 g/mol. The Morgan fingerprint density at radius 3 is 1.86 bits per heavy atom. The van der Waals surface area contributed by atoms with Gasteiger partial charge in [0.1, 0.15) is 6.54 Å². The van der Waals surface area contributed by atoms with Gasteiger partial charge in [0.15, 0.2) is 0 Å². The number of hydrogen-bond acceptors (Lipinski definition) is 2. The fourth-order valence-electron chi connectivity index (χ4n) is 0.650. The largest absolute Gasteiger partial charge is 0.402 e. The molecule has 0 aliphatic heterocycles. The van der Waals surface area contributed by atoms with E-state index < -0.39 is 12.7 Å². The third-order valence-electron chi connectivity index (χ3n) is 1.24. The van der Waals surface area contributed by atoms with Crippen LogP contribution in [0.3, 0.4) is 0 Å². The number of alkyl halides is 3. The molecule has 3 N–H and O–H groups in total. The maximum atomic E-state index is 10.9. The number of benzene rings is 1. The van der Waals surface area contributed by atoms with E-state index in [-0.39, 0.29) is 0 Å². The molecule has 0 spiro atoms. The van der Waals surface area contributed by atoms with Gasteiger partial charge in [-0.2, -0.15) is 13.2 Å². The molecule has 0 atom stereocenters. The van der Waals surface area contributed by atoms with Crippen molar-refractivity contribution in [2.45, 2.75) is 13.1 Å². The van der Waals surface area contributed by atoms with Crippen LogP contribution in [-0.4, -0.2) is 12.7 Å². The van der Waals surface area contributed by atoms with Crippen molar-refractivity contribution >= 4 is 0 Å². The molecular formula is C9H13F3N2. The van der Waals surface area contributed by atoms with Crippen LogP contribution >= 0.6 is 0 Å². The van der Waals surface area contributed by atoms with Gasteiger partial charge < -0.3 is 0 Å². The number of halogens is 3. The lowest BCUT2D eigenvalue weighted by Gasteiger charge is -2.01. The van der Waals surface area contributed by atoms with Crippen LogP contribution < -0.4 is 11.3 Å². The molecule has 0 aliphatic carbocycles. The van der Waals surface area contributed by atoms with Gasteiger partial charge in [-0.15, -0.1) is 0 Å². The third-order valence-corrected chi connectivity index (χ3v) is 1.24. The van der Waals surface area contributed by atoms with Crippen LogP contribution in [0, 0.1) is 6.92 Å². The quantitative estimate of drug-likeness (QED) is 0.545. The number of hydrazine groups is 1. The molecule has 0 saturated heterocycles. The fourth-order valence-corrected chi connectivity index (χ4v) is 0.650. The average Bonchev–Trinajstić information content (AvgIpc) is 2.04. The van der Waals surface area contributed by atoms with Crippen molar-refractivity contribution in [3.05, 3.63) is 35.9 Å². The minimum atomic E-state index is -4.19. The van der Waals surface area contributed by atoms with Gasteiger partial charge in [-0.3, -0.25) is 11.3 Å². The molecule has 0 amide bonds. The molecule has 0 heterocycles. The maximum absolute atomic E-state index is 10.9. The van der Waals surface area contributed by atoms with Crippen molar-refractivity contribution in [3.8, 4) is 0 Å². The van der Waals surface area contributed by atoms with E-state index in [9.17, 15) is 13.2 Å². The molecule has 0 aromatic heterocycles. The first kappa shape index (κ1) is 12.9. The first-order valence-corrected chi connectivity index (χ1v) is 3.97. The molecule has 0 aliphatic rings. The Bertz CT molecular complexity index is 234. The van der Waals surface area contributed by atoms with Gasteiger partial charge in [-0.05, 0) is 6.92 Å². The van der Waals surface area contributed by atoms with Gasteiger partial charge in [0.05, 0.1) is 0 Å². The summed E-state index contributed by atoms with van der Waals surface area (Å²) in [6, 6.07) is 10.3. The number of rotatable bonds is 1. The van der Waals surface area contributed by atoms with E-state index in [1.165, 1.54) is 11.0 Å². The Hall–Kier alpha value is -1.07. The van der Waals surface area contributed by atoms with Crippen LogP contribution in [0.1, 0.15) is 5.56 Å². The van der Waals surface area contributed by atoms with Crippen LogP contribution in [0.4, 0.5) is 13.2 Å². The third kappa shape index (κ3) is 9.02. The molecule has 1 aromatic rings. The first-order valence-electron chi connectivity index (χ1n) is 3.97. The van der Waals surface area contributed by atoms with Crippen molar-refractivity contribution in [2.75, 3.05) is 6.54 Å². The van der Waals surface area contributed by atoms with Gasteiger partial charge in [-0.25, -0.2) is 0 Å². The Labute approximate surface area is 80.9 Å². The summed E-state index contributed by atoms with van der Waals surface area (Å²) in [4.78, 5) is 0. The summed E-state index contributed by atoms with van der Waals surface area (Å²) in [5.41, 5.74) is 2.80. The lowest BCUT2D eigenvalue weighted by atomic mass is 10.2. The van der Waals surface area contributed by atoms with E-state index in [0.29, 0.717) is 0 Å². The van der Waals surface area contributed by atoms with Crippen LogP contribution in [0.25, 0.3) is 0 Å². The number of nitrogens with two attached hydrogens (primary N) is 1. The number of nitrogens with one attached hydrogen (secondary N) is 1. The molecule has 0 bridgehead atoms. The molecule has 1 aromatic carbocycles. The van der Waals surface area contributed by atoms with E-state index in [0.717, 1.165) is 0 Å². The van der Waals surface area contributed by atoms with Crippen molar-refractivity contribution < 1.29 is 13.2 Å². The lowest BCUT2D eigenvalue weighted by molar-refractivity contribution is -0.124. The normalized spacial score (nSPS) is 10.4. The second-order valence-corrected chi connectivity index (χ2v) is 2.65. The van der Waals surface area contributed by atoms with Gasteiger partial charge in [0.2, 0.25) is 0 Å². The van der Waals surface area contributed by atoms with Crippen molar-refractivity contribution in [2.24, 2.45) is 5.84 Å². The predicted molar refractivity (Wildman–Crippen MR) is 49.4 cm³/mol. The van der Waals surface area contributed by atoms with E-state index in [2.05, 4.69) is 24.9 Å². The van der Waals surface area contributed by atoms with Gasteiger partial charge in [-0.1, -0.05) is 35.9 Å². The minimum absolute atomic E-state index is 1.13. The highest BCUT2D eigenvalue weighted by atomic mass is 19.4. The summed E-state index contributed by atoms with van der Waals surface area (Å²) in [7, 11) is 0. The van der Waals surface area contributed by atoms with E-state index in [1.807, 2.05) is 18.2 Å². The summed E-state index contributed by atoms with van der Waals surface area (Å²) >= 11 is 0. The van der Waals surface area contributed by atoms with Crippen molar-refractivity contribution in [1.82, 2.24) is 5.43 Å². The second kappa shape index (κ2) is 6.39. The zero-order valence-corrected chi connectivity index (χ0v) is 7.81. The predicted octanol–water partition coefficient (Wildman–Crippen LogP) is 2.01. The Balaban J connectivity index is 0.000000241. The van der Waals surface area contributed by atoms with Crippen LogP contribution in [0.5, 0.6) is 0 Å². The zero-order chi connectivity index (χ0) is 11.0. The summed E-state index contributed by atoms with van der Waals surface area (Å²) in [6.07, 6.45) is -4.19. The van der Waals surface area contributed by atoms with E-state index >= 15 is 0 Å². The highest BCUT2D eigenvalue weighted by Gasteiger charge is 2.25. The molecule has 0 saturated carbocycles. The molecular weight excluding hydrogens is 193 g/mol. The molecule has 0 fully saturated rings. The fraction of sp³-hybridized carbons (Fsp3) is 0.333. The molecule has 2 nitrogen and oxygen atoms in total. The summed E-state index contributed by atoms with van der Waals surface area (Å²) in [6.45, 7) is 0.951. The van der Waals surface area contributed by atoms with Gasteiger partial charge in [0.25, 0.3) is 0 Å². The molecule has 0 radical (unpaired) electrons. The van der Waals surface area contributed by atoms with Crippen molar-refractivity contribution in [1.29, 1.82) is 0 Å². The maximum Gasteiger partial charge on any atom is 0.402 e. The average molecular weight is 206 g/mol. The zero-order valence-electron chi connectivity index (χ0n) is 7.81. The number of hydrogen-bond donors (Lipinski definition) is 2. The Morgan fingerprint density at radius 1 is 1.21 bits per heavy atom. The Morgan fingerprint density at radius 2 is 1.71 bits per heavy atom. The molecule has 0 unspecified atom stereocenters. The van der Waals surface area contributed by atoms with E-state index in [4.69, 9.17) is 0 Å². The van der Waals surface area contributed by atoms with Gasteiger partial charge >= 0.3 is 6.18 Å².